The first-order valence-electron chi connectivity index (χ1n) is 10.9. The molecule has 168 valence electrons. The van der Waals surface area contributed by atoms with Gasteiger partial charge in [0.1, 0.15) is 18.5 Å². The van der Waals surface area contributed by atoms with Gasteiger partial charge in [-0.1, -0.05) is 12.1 Å². The van der Waals surface area contributed by atoms with Crippen LogP contribution in [-0.2, 0) is 6.54 Å². The number of ether oxygens (including phenoxy) is 2. The lowest BCUT2D eigenvalue weighted by molar-refractivity contribution is 0.0936. The number of fused-ring (bicyclic) bond motifs is 1. The van der Waals surface area contributed by atoms with Crippen molar-refractivity contribution in [3.05, 3.63) is 48.2 Å². The summed E-state index contributed by atoms with van der Waals surface area (Å²) in [6.45, 7) is 6.79. The minimum atomic E-state index is -0.0598. The second-order valence-corrected chi connectivity index (χ2v) is 7.64. The fourth-order valence-electron chi connectivity index (χ4n) is 3.74. The van der Waals surface area contributed by atoms with Gasteiger partial charge in [0.15, 0.2) is 17.5 Å². The number of rotatable bonds is 6. The number of aromatic nitrogens is 1. The number of pyridine rings is 1. The van der Waals surface area contributed by atoms with Crippen molar-refractivity contribution in [2.24, 2.45) is 4.99 Å². The molecule has 0 radical (unpaired) electrons. The molecule has 4 rings (SSSR count). The maximum atomic E-state index is 6.02. The van der Waals surface area contributed by atoms with E-state index in [1.807, 2.05) is 36.5 Å². The molecule has 1 aromatic carbocycles. The molecule has 2 aliphatic rings. The van der Waals surface area contributed by atoms with Crippen molar-refractivity contribution in [2.75, 3.05) is 37.7 Å². The number of anilines is 1. The molecule has 1 aromatic heterocycles. The summed E-state index contributed by atoms with van der Waals surface area (Å²) >= 11 is 0. The van der Waals surface area contributed by atoms with Crippen molar-refractivity contribution in [1.29, 1.82) is 0 Å². The Morgan fingerprint density at radius 2 is 1.94 bits per heavy atom. The molecule has 2 N–H and O–H groups in total. The van der Waals surface area contributed by atoms with Crippen molar-refractivity contribution in [1.82, 2.24) is 15.6 Å². The summed E-state index contributed by atoms with van der Waals surface area (Å²) in [6, 6.07) is 12.0. The molecule has 31 heavy (non-hydrogen) atoms. The summed E-state index contributed by atoms with van der Waals surface area (Å²) in [6.07, 6.45) is 5.64. The maximum absolute atomic E-state index is 6.02. The van der Waals surface area contributed by atoms with E-state index in [1.165, 1.54) is 19.3 Å². The number of guanidine groups is 1. The third-order valence-corrected chi connectivity index (χ3v) is 5.32. The predicted octanol–water partition coefficient (Wildman–Crippen LogP) is 3.59. The van der Waals surface area contributed by atoms with Crippen LogP contribution in [0.2, 0.25) is 0 Å². The van der Waals surface area contributed by atoms with Crippen LogP contribution in [0.25, 0.3) is 0 Å². The Morgan fingerprint density at radius 3 is 2.74 bits per heavy atom. The molecule has 0 bridgehead atoms. The zero-order chi connectivity index (χ0) is 20.6. The van der Waals surface area contributed by atoms with E-state index >= 15 is 0 Å². The largest absolute Gasteiger partial charge is 0.486 e. The zero-order valence-electron chi connectivity index (χ0n) is 18.0. The number of hydrogen-bond acceptors (Lipinski definition) is 5. The third-order valence-electron chi connectivity index (χ3n) is 5.32. The van der Waals surface area contributed by atoms with Gasteiger partial charge >= 0.3 is 0 Å². The van der Waals surface area contributed by atoms with E-state index in [0.29, 0.717) is 19.7 Å². The number of benzene rings is 1. The van der Waals surface area contributed by atoms with Crippen LogP contribution >= 0.6 is 24.0 Å². The number of nitrogens with one attached hydrogen (secondary N) is 2. The SMILES string of the molecule is CCNC(=NCc1ccnc(N2CCCCC2)c1)NCC1COc2ccccc2O1.I. The molecular formula is C23H32IN5O2. The summed E-state index contributed by atoms with van der Waals surface area (Å²) in [5, 5.41) is 6.68. The molecule has 1 unspecified atom stereocenters. The summed E-state index contributed by atoms with van der Waals surface area (Å²) in [7, 11) is 0. The minimum Gasteiger partial charge on any atom is -0.486 e. The predicted molar refractivity (Wildman–Crippen MR) is 135 cm³/mol. The van der Waals surface area contributed by atoms with Crippen molar-refractivity contribution in [2.45, 2.75) is 38.8 Å². The van der Waals surface area contributed by atoms with Gasteiger partial charge in [-0.05, 0) is 56.0 Å². The zero-order valence-corrected chi connectivity index (χ0v) is 20.4. The smallest absolute Gasteiger partial charge is 0.191 e. The van der Waals surface area contributed by atoms with Crippen molar-refractivity contribution >= 4 is 35.8 Å². The van der Waals surface area contributed by atoms with Crippen LogP contribution < -0.4 is 25.0 Å². The van der Waals surface area contributed by atoms with Crippen LogP contribution in [0.5, 0.6) is 11.5 Å². The highest BCUT2D eigenvalue weighted by atomic mass is 127. The lowest BCUT2D eigenvalue weighted by Gasteiger charge is -2.28. The average Bonchev–Trinajstić information content (AvgIpc) is 2.81. The summed E-state index contributed by atoms with van der Waals surface area (Å²) in [5.41, 5.74) is 1.16. The number of nitrogens with zero attached hydrogens (tertiary/aromatic N) is 3. The fourth-order valence-corrected chi connectivity index (χ4v) is 3.74. The Bertz CT molecular complexity index is 857. The van der Waals surface area contributed by atoms with Gasteiger partial charge in [0.05, 0.1) is 13.1 Å². The van der Waals surface area contributed by atoms with E-state index in [2.05, 4.69) is 33.5 Å². The monoisotopic (exact) mass is 537 g/mol. The van der Waals surface area contributed by atoms with Gasteiger partial charge in [0.25, 0.3) is 0 Å². The summed E-state index contributed by atoms with van der Waals surface area (Å²) < 4.78 is 11.8. The molecule has 1 fully saturated rings. The molecule has 1 atom stereocenters. The second-order valence-electron chi connectivity index (χ2n) is 7.64. The molecule has 0 aliphatic carbocycles. The van der Waals surface area contributed by atoms with E-state index < -0.39 is 0 Å². The molecule has 2 aliphatic heterocycles. The van der Waals surface area contributed by atoms with E-state index in [0.717, 1.165) is 48.5 Å². The molecule has 3 heterocycles. The van der Waals surface area contributed by atoms with Crippen molar-refractivity contribution < 1.29 is 9.47 Å². The number of halogens is 1. The van der Waals surface area contributed by atoms with Crippen molar-refractivity contribution in [3.63, 3.8) is 0 Å². The van der Waals surface area contributed by atoms with Gasteiger partial charge in [-0.25, -0.2) is 9.98 Å². The third kappa shape index (κ3) is 6.62. The van der Waals surface area contributed by atoms with Gasteiger partial charge in [-0.2, -0.15) is 0 Å². The highest BCUT2D eigenvalue weighted by molar-refractivity contribution is 14.0. The number of hydrogen-bond donors (Lipinski definition) is 2. The van der Waals surface area contributed by atoms with Gasteiger partial charge in [-0.3, -0.25) is 0 Å². The summed E-state index contributed by atoms with van der Waals surface area (Å²) in [4.78, 5) is 11.7. The first-order valence-corrected chi connectivity index (χ1v) is 10.9. The average molecular weight is 537 g/mol. The first-order chi connectivity index (χ1) is 14.8. The normalized spacial score (nSPS) is 18.2. The highest BCUT2D eigenvalue weighted by Crippen LogP contribution is 2.30. The van der Waals surface area contributed by atoms with Gasteiger partial charge in [0.2, 0.25) is 0 Å². The van der Waals surface area contributed by atoms with Crippen LogP contribution in [0, 0.1) is 0 Å². The van der Waals surface area contributed by atoms with Crippen molar-refractivity contribution in [3.8, 4) is 11.5 Å². The standard InChI is InChI=1S/C23H31N5O2.HI/c1-2-24-23(27-16-19-17-29-20-8-4-5-9-21(20)30-19)26-15-18-10-11-25-22(14-18)28-12-6-3-7-13-28;/h4-5,8-11,14,19H,2-3,6-7,12-13,15-17H2,1H3,(H2,24,26,27);1H. The number of piperidine rings is 1. The molecular weight excluding hydrogens is 505 g/mol. The Morgan fingerprint density at radius 1 is 1.13 bits per heavy atom. The molecule has 0 amide bonds. The van der Waals surface area contributed by atoms with E-state index in [1.54, 1.807) is 0 Å². The number of para-hydroxylation sites is 2. The lowest BCUT2D eigenvalue weighted by Crippen LogP contribution is -2.45. The number of aliphatic imine (C=N–C) groups is 1. The molecule has 1 saturated heterocycles. The van der Waals surface area contributed by atoms with Crippen LogP contribution in [0.1, 0.15) is 31.7 Å². The Balaban J connectivity index is 0.00000272. The fraction of sp³-hybridized carbons (Fsp3) is 0.478. The van der Waals surface area contributed by atoms with Gasteiger partial charge in [-0.15, -0.1) is 24.0 Å². The Kier molecular flexibility index (Phi) is 9.05. The lowest BCUT2D eigenvalue weighted by atomic mass is 10.1. The molecule has 2 aromatic rings. The molecule has 0 saturated carbocycles. The highest BCUT2D eigenvalue weighted by Gasteiger charge is 2.20. The quantitative estimate of drug-likeness (QED) is 0.334. The van der Waals surface area contributed by atoms with E-state index in [9.17, 15) is 0 Å². The molecule has 7 nitrogen and oxygen atoms in total. The van der Waals surface area contributed by atoms with Crippen LogP contribution in [0.15, 0.2) is 47.6 Å². The maximum Gasteiger partial charge on any atom is 0.191 e. The second kappa shape index (κ2) is 12.0. The Hall–Kier alpha value is -2.23. The minimum absolute atomic E-state index is 0. The Labute approximate surface area is 201 Å². The topological polar surface area (TPSA) is 71.0 Å². The van der Waals surface area contributed by atoms with Crippen LogP contribution in [0.3, 0.4) is 0 Å². The van der Waals surface area contributed by atoms with Gasteiger partial charge < -0.3 is 25.0 Å². The first kappa shape index (κ1) is 23.4. The molecule has 0 spiro atoms. The summed E-state index contributed by atoms with van der Waals surface area (Å²) in [5.74, 6) is 3.43. The van der Waals surface area contributed by atoms with Crippen LogP contribution in [-0.4, -0.2) is 49.8 Å². The van der Waals surface area contributed by atoms with Crippen LogP contribution in [0.4, 0.5) is 5.82 Å². The van der Waals surface area contributed by atoms with Gasteiger partial charge in [0, 0.05) is 25.8 Å². The molecule has 8 heteroatoms. The van der Waals surface area contributed by atoms with E-state index in [4.69, 9.17) is 14.5 Å². The van der Waals surface area contributed by atoms with E-state index in [-0.39, 0.29) is 30.1 Å².